The molecule has 3 heterocycles. The summed E-state index contributed by atoms with van der Waals surface area (Å²) in [5.74, 6) is -0.270. The maximum absolute atomic E-state index is 13.5. The van der Waals surface area contributed by atoms with E-state index >= 15 is 0 Å². The molecule has 0 aromatic heterocycles. The molecule has 0 aliphatic carbocycles. The second kappa shape index (κ2) is 65.7. The van der Waals surface area contributed by atoms with Crippen LogP contribution in [-0.2, 0) is 33.2 Å². The molecule has 3 rings (SSSR count). The molecule has 0 spiro atoms. The van der Waals surface area contributed by atoms with Crippen molar-refractivity contribution in [2.75, 3.05) is 26.4 Å². The van der Waals surface area contributed by atoms with Crippen molar-refractivity contribution < 1.29 is 89.4 Å². The molecule has 0 aromatic carbocycles. The van der Waals surface area contributed by atoms with Gasteiger partial charge in [0.1, 0.15) is 73.2 Å². The number of carbonyl (C=O) groups is 1. The van der Waals surface area contributed by atoms with Gasteiger partial charge in [-0.05, 0) is 51.4 Å². The summed E-state index contributed by atoms with van der Waals surface area (Å²) in [6, 6.07) is -0.975. The van der Waals surface area contributed by atoms with E-state index in [4.69, 9.17) is 28.4 Å². The largest absolute Gasteiger partial charge is 0.394 e. The summed E-state index contributed by atoms with van der Waals surface area (Å²) in [4.78, 5) is 13.5. The Morgan fingerprint density at radius 2 is 0.635 bits per heavy atom. The van der Waals surface area contributed by atoms with Crippen LogP contribution < -0.4 is 5.32 Å². The second-order valence-electron chi connectivity index (χ2n) is 31.0. The lowest BCUT2D eigenvalue weighted by Gasteiger charge is -2.48. The lowest BCUT2D eigenvalue weighted by atomic mass is 9.96. The van der Waals surface area contributed by atoms with Gasteiger partial charge in [0.15, 0.2) is 18.9 Å². The Morgan fingerprint density at radius 1 is 0.346 bits per heavy atom. The zero-order valence-electron chi connectivity index (χ0n) is 65.8. The number of unbranched alkanes of at least 4 members (excludes halogenated alkanes) is 50. The molecular formula is C85H159NO18. The van der Waals surface area contributed by atoms with Crippen molar-refractivity contribution in [2.45, 2.75) is 471 Å². The Kier molecular flexibility index (Phi) is 60.8. The van der Waals surface area contributed by atoms with Gasteiger partial charge in [0.25, 0.3) is 0 Å². The fourth-order valence-corrected chi connectivity index (χ4v) is 14.8. The van der Waals surface area contributed by atoms with Crippen LogP contribution in [0.5, 0.6) is 0 Å². The molecule has 612 valence electrons. The van der Waals surface area contributed by atoms with Gasteiger partial charge in [-0.1, -0.05) is 346 Å². The predicted molar refractivity (Wildman–Crippen MR) is 416 cm³/mol. The van der Waals surface area contributed by atoms with E-state index in [0.29, 0.717) is 6.42 Å². The average Bonchev–Trinajstić information content (AvgIpc) is 0.783. The minimum absolute atomic E-state index is 0.245. The van der Waals surface area contributed by atoms with Gasteiger partial charge < -0.3 is 89.9 Å². The Bertz CT molecular complexity index is 2020. The van der Waals surface area contributed by atoms with E-state index in [2.05, 4.69) is 43.5 Å². The van der Waals surface area contributed by atoms with Crippen molar-refractivity contribution in [3.05, 3.63) is 36.5 Å². The fourth-order valence-electron chi connectivity index (χ4n) is 14.8. The van der Waals surface area contributed by atoms with E-state index in [1.807, 2.05) is 6.08 Å². The quantitative estimate of drug-likeness (QED) is 0.0199. The third kappa shape index (κ3) is 44.8. The number of amides is 1. The van der Waals surface area contributed by atoms with Crippen molar-refractivity contribution in [3.8, 4) is 0 Å². The summed E-state index contributed by atoms with van der Waals surface area (Å²) >= 11 is 0. The first-order valence-electron chi connectivity index (χ1n) is 43.2. The van der Waals surface area contributed by atoms with Gasteiger partial charge in [0.2, 0.25) is 5.91 Å². The summed E-state index contributed by atoms with van der Waals surface area (Å²) < 4.78 is 34.5. The van der Waals surface area contributed by atoms with Gasteiger partial charge in [-0.3, -0.25) is 4.79 Å². The first-order valence-corrected chi connectivity index (χ1v) is 43.2. The first kappa shape index (κ1) is 96.2. The van der Waals surface area contributed by atoms with Gasteiger partial charge in [-0.25, -0.2) is 0 Å². The van der Waals surface area contributed by atoms with E-state index in [1.165, 1.54) is 289 Å². The van der Waals surface area contributed by atoms with Crippen LogP contribution in [0.2, 0.25) is 0 Å². The number of hydrogen-bond donors (Lipinski definition) is 12. The van der Waals surface area contributed by atoms with Gasteiger partial charge in [0.05, 0.1) is 38.6 Å². The van der Waals surface area contributed by atoms with Crippen LogP contribution in [0.4, 0.5) is 0 Å². The molecule has 3 saturated heterocycles. The molecule has 19 heteroatoms. The number of rotatable bonds is 70. The van der Waals surface area contributed by atoms with Crippen LogP contribution >= 0.6 is 0 Å². The van der Waals surface area contributed by atoms with Crippen LogP contribution in [0.3, 0.4) is 0 Å². The SMILES string of the molecule is CCCCCCC/C=C\C/C=C\CCCCCCCCCCCCCCCCCC(=O)NC(COC1OC(CO)C(OC2OC(CO)C(OC3OC(CO)C(O)C(O)C3O)C(O)C2O)C(O)C1O)C(O)/C=C/CCCCCCCCCCCCCCCCCCCCCCCCCCCCCCCC. The number of carbonyl (C=O) groups excluding carboxylic acids is 1. The third-order valence-electron chi connectivity index (χ3n) is 21.7. The highest BCUT2D eigenvalue weighted by atomic mass is 16.8. The molecule has 19 nitrogen and oxygen atoms in total. The standard InChI is InChI=1S/C85H159NO18/c1-3-5-7-9-11-13-15-17-19-21-23-25-27-29-31-32-33-34-35-37-38-40-42-44-46-48-50-52-54-56-58-60-62-69(90)68(86-73(91)63-61-59-57-55-53-51-49-47-45-43-41-39-36-30-28-26-24-22-20-18-16-14-12-10-8-6-4-2)67-99-83-79(97)76(94)81(71(65-88)101-83)104-85-80(98)77(95)82(72(66-89)102-85)103-84-78(96)75(93)74(92)70(64-87)100-84/h16,18,22,24,60,62,68-72,74-85,87-90,92-98H,3-15,17,19-21,23,25-59,61,63-67H2,1-2H3,(H,86,91)/b18-16-,24-22-,62-60+. The third-order valence-corrected chi connectivity index (χ3v) is 21.7. The molecule has 17 unspecified atom stereocenters. The molecule has 0 aromatic rings. The molecule has 17 atom stereocenters. The molecule has 0 bridgehead atoms. The van der Waals surface area contributed by atoms with Crippen molar-refractivity contribution in [1.29, 1.82) is 0 Å². The Labute approximate surface area is 631 Å². The van der Waals surface area contributed by atoms with E-state index < -0.39 is 124 Å². The van der Waals surface area contributed by atoms with E-state index in [9.17, 15) is 61.0 Å². The maximum Gasteiger partial charge on any atom is 0.220 e. The van der Waals surface area contributed by atoms with Crippen LogP contribution in [-0.4, -0.2) is 193 Å². The number of nitrogens with one attached hydrogen (secondary N) is 1. The summed E-state index contributed by atoms with van der Waals surface area (Å²) in [6.07, 6.45) is 55.7. The highest BCUT2D eigenvalue weighted by molar-refractivity contribution is 5.76. The predicted octanol–water partition coefficient (Wildman–Crippen LogP) is 15.5. The number of allylic oxidation sites excluding steroid dienone is 5. The fraction of sp³-hybridized carbons (Fsp3) is 0.918. The lowest BCUT2D eigenvalue weighted by Crippen LogP contribution is -2.66. The summed E-state index contributed by atoms with van der Waals surface area (Å²) in [6.45, 7) is 1.79. The minimum Gasteiger partial charge on any atom is -0.394 e. The lowest BCUT2D eigenvalue weighted by molar-refractivity contribution is -0.379. The molecule has 104 heavy (non-hydrogen) atoms. The number of aliphatic hydroxyl groups is 11. The van der Waals surface area contributed by atoms with Crippen LogP contribution in [0, 0.1) is 0 Å². The number of ether oxygens (including phenoxy) is 6. The molecule has 12 N–H and O–H groups in total. The molecule has 3 aliphatic heterocycles. The van der Waals surface area contributed by atoms with Crippen molar-refractivity contribution in [2.24, 2.45) is 0 Å². The van der Waals surface area contributed by atoms with E-state index in [-0.39, 0.29) is 18.9 Å². The maximum atomic E-state index is 13.5. The highest BCUT2D eigenvalue weighted by Gasteiger charge is 2.54. The van der Waals surface area contributed by atoms with Gasteiger partial charge in [0, 0.05) is 6.42 Å². The monoisotopic (exact) mass is 1480 g/mol. The van der Waals surface area contributed by atoms with Crippen molar-refractivity contribution >= 4 is 5.91 Å². The van der Waals surface area contributed by atoms with Gasteiger partial charge in [-0.15, -0.1) is 0 Å². The normalized spacial score (nSPS) is 26.0. The molecule has 3 aliphatic rings. The van der Waals surface area contributed by atoms with E-state index in [0.717, 1.165) is 51.4 Å². The minimum atomic E-state index is -1.98. The molecule has 3 fully saturated rings. The zero-order chi connectivity index (χ0) is 75.3. The van der Waals surface area contributed by atoms with Crippen LogP contribution in [0.1, 0.15) is 367 Å². The summed E-state index contributed by atoms with van der Waals surface area (Å²) in [5.41, 5.74) is 0. The van der Waals surface area contributed by atoms with Crippen molar-refractivity contribution in [3.63, 3.8) is 0 Å². The molecule has 1 amide bonds. The number of aliphatic hydroxyl groups excluding tert-OH is 11. The molecule has 0 saturated carbocycles. The Morgan fingerprint density at radius 3 is 0.981 bits per heavy atom. The van der Waals surface area contributed by atoms with Crippen LogP contribution in [0.25, 0.3) is 0 Å². The summed E-state index contributed by atoms with van der Waals surface area (Å²) in [7, 11) is 0. The summed E-state index contributed by atoms with van der Waals surface area (Å²) in [5, 5.41) is 121. The highest BCUT2D eigenvalue weighted by Crippen LogP contribution is 2.33. The smallest absolute Gasteiger partial charge is 0.220 e. The molecule has 0 radical (unpaired) electrons. The van der Waals surface area contributed by atoms with Gasteiger partial charge in [-0.2, -0.15) is 0 Å². The van der Waals surface area contributed by atoms with Crippen LogP contribution in [0.15, 0.2) is 36.5 Å². The first-order chi connectivity index (χ1) is 50.8. The topological polar surface area (TPSA) is 307 Å². The average molecular weight is 1480 g/mol. The van der Waals surface area contributed by atoms with Gasteiger partial charge >= 0.3 is 0 Å². The number of hydrogen-bond acceptors (Lipinski definition) is 18. The second-order valence-corrected chi connectivity index (χ2v) is 31.0. The Hall–Kier alpha value is -1.99. The zero-order valence-corrected chi connectivity index (χ0v) is 65.8. The Balaban J connectivity index is 1.35. The molecular weight excluding hydrogens is 1320 g/mol. The van der Waals surface area contributed by atoms with E-state index in [1.54, 1.807) is 6.08 Å². The van der Waals surface area contributed by atoms with Crippen molar-refractivity contribution in [1.82, 2.24) is 5.32 Å².